The topological polar surface area (TPSA) is 86.8 Å². The SMILES string of the molecule is CC[C@@H](C)NC(=O)[C@@H](CC)N(Cc1ccc(Cl)c(Cl)c1)C(=O)CN(c1ccccc1)S(=O)(=O)c1ccccc1. The summed E-state index contributed by atoms with van der Waals surface area (Å²) in [5, 5.41) is 3.63. The van der Waals surface area contributed by atoms with E-state index in [0.29, 0.717) is 27.7 Å². The maximum Gasteiger partial charge on any atom is 0.264 e. The second-order valence-corrected chi connectivity index (χ2v) is 11.8. The Morgan fingerprint density at radius 2 is 1.49 bits per heavy atom. The van der Waals surface area contributed by atoms with E-state index in [-0.39, 0.29) is 23.4 Å². The van der Waals surface area contributed by atoms with Crippen LogP contribution in [-0.2, 0) is 26.2 Å². The molecular formula is C29H33Cl2N3O4S. The van der Waals surface area contributed by atoms with Gasteiger partial charge in [-0.1, -0.05) is 79.5 Å². The zero-order chi connectivity index (χ0) is 28.6. The smallest absolute Gasteiger partial charge is 0.264 e. The number of hydrogen-bond acceptors (Lipinski definition) is 4. The summed E-state index contributed by atoms with van der Waals surface area (Å²) in [5.74, 6) is -0.840. The Balaban J connectivity index is 2.04. The molecule has 3 aromatic rings. The normalized spacial score (nSPS) is 12.8. The van der Waals surface area contributed by atoms with Crippen LogP contribution < -0.4 is 9.62 Å². The van der Waals surface area contributed by atoms with E-state index in [9.17, 15) is 18.0 Å². The molecule has 208 valence electrons. The molecule has 3 aromatic carbocycles. The monoisotopic (exact) mass is 589 g/mol. The average molecular weight is 591 g/mol. The number of hydrogen-bond donors (Lipinski definition) is 1. The van der Waals surface area contributed by atoms with Crippen molar-refractivity contribution in [2.45, 2.75) is 57.1 Å². The predicted octanol–water partition coefficient (Wildman–Crippen LogP) is 5.91. The summed E-state index contributed by atoms with van der Waals surface area (Å²) in [6.45, 7) is 5.19. The highest BCUT2D eigenvalue weighted by atomic mass is 35.5. The minimum atomic E-state index is -4.10. The van der Waals surface area contributed by atoms with Gasteiger partial charge in [0.05, 0.1) is 20.6 Å². The van der Waals surface area contributed by atoms with Crippen LogP contribution in [0, 0.1) is 0 Å². The van der Waals surface area contributed by atoms with Gasteiger partial charge in [0.15, 0.2) is 0 Å². The Labute approximate surface area is 240 Å². The Kier molecular flexibility index (Phi) is 10.8. The fraction of sp³-hybridized carbons (Fsp3) is 0.310. The van der Waals surface area contributed by atoms with Crippen molar-refractivity contribution < 1.29 is 18.0 Å². The molecular weight excluding hydrogens is 557 g/mol. The molecule has 0 heterocycles. The van der Waals surface area contributed by atoms with E-state index < -0.39 is 28.5 Å². The number of carbonyl (C=O) groups is 2. The number of para-hydroxylation sites is 1. The molecule has 7 nitrogen and oxygen atoms in total. The first-order valence-electron chi connectivity index (χ1n) is 12.7. The molecule has 2 atom stereocenters. The fourth-order valence-electron chi connectivity index (χ4n) is 4.04. The Morgan fingerprint density at radius 3 is 2.05 bits per heavy atom. The molecule has 39 heavy (non-hydrogen) atoms. The number of carbonyl (C=O) groups excluding carboxylic acids is 2. The average Bonchev–Trinajstić information content (AvgIpc) is 2.94. The molecule has 10 heteroatoms. The number of halogens is 2. The lowest BCUT2D eigenvalue weighted by Crippen LogP contribution is -2.53. The van der Waals surface area contributed by atoms with Crippen molar-refractivity contribution in [3.05, 3.63) is 94.5 Å². The number of sulfonamides is 1. The largest absolute Gasteiger partial charge is 0.352 e. The molecule has 0 saturated heterocycles. The lowest BCUT2D eigenvalue weighted by molar-refractivity contribution is -0.140. The molecule has 0 aromatic heterocycles. The highest BCUT2D eigenvalue weighted by Crippen LogP contribution is 2.26. The van der Waals surface area contributed by atoms with Gasteiger partial charge in [0, 0.05) is 12.6 Å². The number of anilines is 1. The summed E-state index contributed by atoms with van der Waals surface area (Å²) >= 11 is 12.3. The van der Waals surface area contributed by atoms with Gasteiger partial charge in [0.25, 0.3) is 10.0 Å². The summed E-state index contributed by atoms with van der Waals surface area (Å²) in [4.78, 5) is 28.8. The Morgan fingerprint density at radius 1 is 0.872 bits per heavy atom. The standard InChI is InChI=1S/C29H33Cl2N3O4S/c1-4-21(3)32-29(36)27(5-2)33(19-22-16-17-25(30)26(31)18-22)28(35)20-34(23-12-8-6-9-13-23)39(37,38)24-14-10-7-11-15-24/h6-18,21,27H,4-5,19-20H2,1-3H3,(H,32,36)/t21-,27-/m1/s1. The minimum Gasteiger partial charge on any atom is -0.352 e. The van der Waals surface area contributed by atoms with Crippen LogP contribution in [0.1, 0.15) is 39.2 Å². The summed E-state index contributed by atoms with van der Waals surface area (Å²) in [6, 6.07) is 20.4. The summed E-state index contributed by atoms with van der Waals surface area (Å²) < 4.78 is 28.5. The molecule has 2 amide bonds. The van der Waals surface area contributed by atoms with E-state index in [0.717, 1.165) is 10.7 Å². The van der Waals surface area contributed by atoms with Gasteiger partial charge in [-0.25, -0.2) is 8.42 Å². The maximum atomic E-state index is 14.0. The number of amides is 2. The number of benzene rings is 3. The zero-order valence-electron chi connectivity index (χ0n) is 22.2. The van der Waals surface area contributed by atoms with E-state index >= 15 is 0 Å². The summed E-state index contributed by atoms with van der Waals surface area (Å²) in [6.07, 6.45) is 1.05. The molecule has 0 aliphatic carbocycles. The van der Waals surface area contributed by atoms with Crippen molar-refractivity contribution in [3.63, 3.8) is 0 Å². The fourth-order valence-corrected chi connectivity index (χ4v) is 5.79. The first-order valence-corrected chi connectivity index (χ1v) is 14.9. The molecule has 0 aliphatic rings. The van der Waals surface area contributed by atoms with Gasteiger partial charge in [-0.05, 0) is 61.7 Å². The molecule has 0 spiro atoms. The highest BCUT2D eigenvalue weighted by molar-refractivity contribution is 7.92. The van der Waals surface area contributed by atoms with Gasteiger partial charge < -0.3 is 10.2 Å². The first kappa shape index (κ1) is 30.5. The third-order valence-corrected chi connectivity index (χ3v) is 8.91. The Hall–Kier alpha value is -3.07. The second-order valence-electron chi connectivity index (χ2n) is 9.17. The lowest BCUT2D eigenvalue weighted by Gasteiger charge is -2.33. The Bertz CT molecular complexity index is 1370. The molecule has 0 bridgehead atoms. The van der Waals surface area contributed by atoms with Gasteiger partial charge in [0.1, 0.15) is 12.6 Å². The first-order chi connectivity index (χ1) is 18.6. The van der Waals surface area contributed by atoms with Crippen LogP contribution in [0.2, 0.25) is 10.0 Å². The lowest BCUT2D eigenvalue weighted by atomic mass is 10.1. The summed E-state index contributed by atoms with van der Waals surface area (Å²) in [7, 11) is -4.10. The zero-order valence-corrected chi connectivity index (χ0v) is 24.5. The minimum absolute atomic E-state index is 0.0379. The van der Waals surface area contributed by atoms with Gasteiger partial charge in [-0.3, -0.25) is 13.9 Å². The van der Waals surface area contributed by atoms with Crippen LogP contribution in [-0.4, -0.2) is 43.8 Å². The quantitative estimate of drug-likeness (QED) is 0.284. The number of rotatable bonds is 12. The number of nitrogens with one attached hydrogen (secondary N) is 1. The van der Waals surface area contributed by atoms with Gasteiger partial charge in [0.2, 0.25) is 11.8 Å². The van der Waals surface area contributed by atoms with Crippen molar-refractivity contribution in [1.82, 2.24) is 10.2 Å². The van der Waals surface area contributed by atoms with E-state index in [1.165, 1.54) is 17.0 Å². The molecule has 1 N–H and O–H groups in total. The molecule has 0 radical (unpaired) electrons. The van der Waals surface area contributed by atoms with Crippen molar-refractivity contribution in [1.29, 1.82) is 0 Å². The molecule has 0 saturated carbocycles. The highest BCUT2D eigenvalue weighted by Gasteiger charge is 2.34. The van der Waals surface area contributed by atoms with E-state index in [1.807, 2.05) is 20.8 Å². The van der Waals surface area contributed by atoms with Crippen LogP contribution in [0.4, 0.5) is 5.69 Å². The second kappa shape index (κ2) is 13.8. The molecule has 0 fully saturated rings. The van der Waals surface area contributed by atoms with Gasteiger partial charge in [-0.2, -0.15) is 0 Å². The van der Waals surface area contributed by atoms with Crippen LogP contribution in [0.25, 0.3) is 0 Å². The molecule has 0 unspecified atom stereocenters. The van der Waals surface area contributed by atoms with Crippen LogP contribution in [0.15, 0.2) is 83.8 Å². The van der Waals surface area contributed by atoms with Gasteiger partial charge >= 0.3 is 0 Å². The van der Waals surface area contributed by atoms with Crippen molar-refractivity contribution in [3.8, 4) is 0 Å². The molecule has 3 rings (SSSR count). The molecule has 0 aliphatic heterocycles. The van der Waals surface area contributed by atoms with E-state index in [4.69, 9.17) is 23.2 Å². The van der Waals surface area contributed by atoms with E-state index in [1.54, 1.807) is 66.7 Å². The van der Waals surface area contributed by atoms with Crippen LogP contribution in [0.5, 0.6) is 0 Å². The third kappa shape index (κ3) is 7.75. The summed E-state index contributed by atoms with van der Waals surface area (Å²) in [5.41, 5.74) is 0.992. The van der Waals surface area contributed by atoms with E-state index in [2.05, 4.69) is 5.32 Å². The van der Waals surface area contributed by atoms with Gasteiger partial charge in [-0.15, -0.1) is 0 Å². The van der Waals surface area contributed by atoms with Crippen molar-refractivity contribution in [2.24, 2.45) is 0 Å². The predicted molar refractivity (Wildman–Crippen MR) is 156 cm³/mol. The third-order valence-electron chi connectivity index (χ3n) is 6.38. The van der Waals surface area contributed by atoms with Crippen LogP contribution >= 0.6 is 23.2 Å². The van der Waals surface area contributed by atoms with Crippen LogP contribution in [0.3, 0.4) is 0 Å². The van der Waals surface area contributed by atoms with Crippen molar-refractivity contribution in [2.75, 3.05) is 10.8 Å². The van der Waals surface area contributed by atoms with Crippen molar-refractivity contribution >= 4 is 50.7 Å². The number of nitrogens with zero attached hydrogens (tertiary/aromatic N) is 2. The maximum absolute atomic E-state index is 14.0.